The number of carbonyl (C=O) groups is 4. The number of rotatable bonds is 15. The fourth-order valence-corrected chi connectivity index (χ4v) is 2.23. The molecule has 0 bridgehead atoms. The van der Waals surface area contributed by atoms with Crippen LogP contribution in [0.3, 0.4) is 0 Å². The lowest BCUT2D eigenvalue weighted by atomic mass is 10.1. The van der Waals surface area contributed by atoms with Crippen LogP contribution >= 0.6 is 0 Å². The molecule has 2 atom stereocenters. The molecule has 0 fully saturated rings. The second kappa shape index (κ2) is 15.8. The van der Waals surface area contributed by atoms with E-state index in [-0.39, 0.29) is 50.2 Å². The van der Waals surface area contributed by atoms with Crippen LogP contribution in [0.1, 0.15) is 52.4 Å². The Balaban J connectivity index is 3.89. The van der Waals surface area contributed by atoms with Crippen LogP contribution in [0, 0.1) is 0 Å². The van der Waals surface area contributed by atoms with Crippen LogP contribution in [0.25, 0.3) is 0 Å². The first-order valence-corrected chi connectivity index (χ1v) is 9.75. The van der Waals surface area contributed by atoms with Crippen LogP contribution in [0.15, 0.2) is 0 Å². The van der Waals surface area contributed by atoms with Gasteiger partial charge in [-0.05, 0) is 19.3 Å². The lowest BCUT2D eigenvalue weighted by Gasteiger charge is -2.17. The van der Waals surface area contributed by atoms with E-state index in [0.717, 1.165) is 12.8 Å². The monoisotopic (exact) mass is 402 g/mol. The van der Waals surface area contributed by atoms with Gasteiger partial charge >= 0.3 is 0 Å². The second-order valence-corrected chi connectivity index (χ2v) is 6.39. The van der Waals surface area contributed by atoms with E-state index in [0.29, 0.717) is 19.4 Å². The van der Waals surface area contributed by atoms with Gasteiger partial charge in [0.15, 0.2) is 6.10 Å². The molecule has 0 aliphatic rings. The highest BCUT2D eigenvalue weighted by Crippen LogP contribution is 2.03. The zero-order chi connectivity index (χ0) is 21.4. The van der Waals surface area contributed by atoms with Crippen molar-refractivity contribution in [3.63, 3.8) is 0 Å². The standard InChI is InChI=1S/C18H34N4O6/c1-3-5-14(24)19-9-10-21-16(26)8-7-13(23)17(27)18(28)22-12-11-20-15(25)6-4-2/h13,17,23,27H,3-12H2,1-2H3,(H,19,24)(H,20,25)(H,21,26)(H,22,28). The molecular formula is C18H34N4O6. The smallest absolute Gasteiger partial charge is 0.251 e. The van der Waals surface area contributed by atoms with Crippen molar-refractivity contribution in [3.8, 4) is 0 Å². The minimum atomic E-state index is -1.66. The number of hydrogen-bond donors (Lipinski definition) is 6. The SMILES string of the molecule is CCCC(=O)NCCNC(=O)CCC(O)C(O)C(=O)NCCNC(=O)CCC. The third-order valence-electron chi connectivity index (χ3n) is 3.77. The van der Waals surface area contributed by atoms with Gasteiger partial charge in [0, 0.05) is 45.4 Å². The third-order valence-corrected chi connectivity index (χ3v) is 3.77. The molecule has 0 aliphatic carbocycles. The lowest BCUT2D eigenvalue weighted by molar-refractivity contribution is -0.136. The molecule has 0 saturated heterocycles. The molecule has 4 amide bonds. The quantitative estimate of drug-likeness (QED) is 0.184. The van der Waals surface area contributed by atoms with E-state index in [1.165, 1.54) is 0 Å². The van der Waals surface area contributed by atoms with E-state index in [4.69, 9.17) is 0 Å². The van der Waals surface area contributed by atoms with Crippen LogP contribution in [0.5, 0.6) is 0 Å². The van der Waals surface area contributed by atoms with Gasteiger partial charge < -0.3 is 31.5 Å². The van der Waals surface area contributed by atoms with E-state index in [1.807, 2.05) is 13.8 Å². The number of hydrogen-bond acceptors (Lipinski definition) is 6. The Morgan fingerprint density at radius 1 is 0.679 bits per heavy atom. The van der Waals surface area contributed by atoms with Gasteiger partial charge in [-0.1, -0.05) is 13.8 Å². The minimum Gasteiger partial charge on any atom is -0.390 e. The molecule has 6 N–H and O–H groups in total. The number of nitrogens with one attached hydrogen (secondary N) is 4. The summed E-state index contributed by atoms with van der Waals surface area (Å²) >= 11 is 0. The molecule has 10 nitrogen and oxygen atoms in total. The Kier molecular flexibility index (Phi) is 14.6. The maximum absolute atomic E-state index is 11.8. The van der Waals surface area contributed by atoms with E-state index < -0.39 is 18.1 Å². The zero-order valence-corrected chi connectivity index (χ0v) is 16.8. The molecule has 2 unspecified atom stereocenters. The molecule has 162 valence electrons. The molecule has 0 radical (unpaired) electrons. The maximum Gasteiger partial charge on any atom is 0.251 e. The average molecular weight is 402 g/mol. The summed E-state index contributed by atoms with van der Waals surface area (Å²) in [6, 6.07) is 0. The van der Waals surface area contributed by atoms with E-state index in [1.54, 1.807) is 0 Å². The van der Waals surface area contributed by atoms with Crippen LogP contribution in [0.4, 0.5) is 0 Å². The van der Waals surface area contributed by atoms with Crippen molar-refractivity contribution in [2.45, 2.75) is 64.6 Å². The number of amides is 4. The molecule has 28 heavy (non-hydrogen) atoms. The van der Waals surface area contributed by atoms with Crippen molar-refractivity contribution in [1.82, 2.24) is 21.3 Å². The zero-order valence-electron chi connectivity index (χ0n) is 16.8. The van der Waals surface area contributed by atoms with Crippen LogP contribution in [-0.2, 0) is 19.2 Å². The van der Waals surface area contributed by atoms with Gasteiger partial charge in [0.05, 0.1) is 6.10 Å². The van der Waals surface area contributed by atoms with Gasteiger partial charge in [0.1, 0.15) is 0 Å². The summed E-state index contributed by atoms with van der Waals surface area (Å²) in [7, 11) is 0. The van der Waals surface area contributed by atoms with E-state index >= 15 is 0 Å². The summed E-state index contributed by atoms with van der Waals surface area (Å²) in [5, 5.41) is 29.9. The number of carbonyl (C=O) groups excluding carboxylic acids is 4. The summed E-state index contributed by atoms with van der Waals surface area (Å²) in [5.74, 6) is -1.31. The molecule has 0 aromatic heterocycles. The Bertz CT molecular complexity index is 500. The van der Waals surface area contributed by atoms with Gasteiger partial charge in [0.2, 0.25) is 17.7 Å². The first-order chi connectivity index (χ1) is 13.3. The molecule has 0 heterocycles. The third kappa shape index (κ3) is 13.0. The Hall–Kier alpha value is -2.20. The van der Waals surface area contributed by atoms with Crippen molar-refractivity contribution in [2.24, 2.45) is 0 Å². The summed E-state index contributed by atoms with van der Waals surface area (Å²) < 4.78 is 0. The van der Waals surface area contributed by atoms with Gasteiger partial charge in [0.25, 0.3) is 5.91 Å². The maximum atomic E-state index is 11.8. The Morgan fingerprint density at radius 3 is 1.50 bits per heavy atom. The van der Waals surface area contributed by atoms with Crippen LogP contribution < -0.4 is 21.3 Å². The van der Waals surface area contributed by atoms with Gasteiger partial charge in [-0.25, -0.2) is 0 Å². The highest BCUT2D eigenvalue weighted by molar-refractivity contribution is 5.81. The van der Waals surface area contributed by atoms with Crippen LogP contribution in [-0.4, -0.2) is 72.2 Å². The number of aliphatic hydroxyl groups is 2. The summed E-state index contributed by atoms with van der Waals surface area (Å²) in [5.41, 5.74) is 0. The topological polar surface area (TPSA) is 157 Å². The van der Waals surface area contributed by atoms with Gasteiger partial charge in [-0.2, -0.15) is 0 Å². The lowest BCUT2D eigenvalue weighted by Crippen LogP contribution is -2.45. The van der Waals surface area contributed by atoms with Crippen molar-refractivity contribution < 1.29 is 29.4 Å². The molecule has 10 heteroatoms. The van der Waals surface area contributed by atoms with Crippen LogP contribution in [0.2, 0.25) is 0 Å². The van der Waals surface area contributed by atoms with Crippen molar-refractivity contribution in [2.75, 3.05) is 26.2 Å². The normalized spacial score (nSPS) is 12.6. The molecule has 0 spiro atoms. The van der Waals surface area contributed by atoms with Gasteiger partial charge in [-0.15, -0.1) is 0 Å². The molecule has 0 aliphatic heterocycles. The summed E-state index contributed by atoms with van der Waals surface area (Å²) in [6.45, 7) is 4.70. The summed E-state index contributed by atoms with van der Waals surface area (Å²) in [6.07, 6.45) is -0.883. The van der Waals surface area contributed by atoms with Crippen molar-refractivity contribution >= 4 is 23.6 Å². The first-order valence-electron chi connectivity index (χ1n) is 9.75. The van der Waals surface area contributed by atoms with Crippen molar-refractivity contribution in [3.05, 3.63) is 0 Å². The Morgan fingerprint density at radius 2 is 1.07 bits per heavy atom. The minimum absolute atomic E-state index is 0.0680. The van der Waals surface area contributed by atoms with E-state index in [2.05, 4.69) is 21.3 Å². The molecule has 0 saturated carbocycles. The predicted molar refractivity (Wildman–Crippen MR) is 103 cm³/mol. The van der Waals surface area contributed by atoms with Crippen molar-refractivity contribution in [1.29, 1.82) is 0 Å². The molecule has 0 aromatic carbocycles. The Labute approximate surface area is 165 Å². The largest absolute Gasteiger partial charge is 0.390 e. The summed E-state index contributed by atoms with van der Waals surface area (Å²) in [4.78, 5) is 46.0. The fraction of sp³-hybridized carbons (Fsp3) is 0.778. The molecule has 0 rings (SSSR count). The predicted octanol–water partition coefficient (Wildman–Crippen LogP) is -1.45. The molecule has 0 aromatic rings. The average Bonchev–Trinajstić information content (AvgIpc) is 2.66. The highest BCUT2D eigenvalue weighted by Gasteiger charge is 2.24. The second-order valence-electron chi connectivity index (χ2n) is 6.39. The van der Waals surface area contributed by atoms with Gasteiger partial charge in [-0.3, -0.25) is 19.2 Å². The highest BCUT2D eigenvalue weighted by atomic mass is 16.3. The number of aliphatic hydroxyl groups excluding tert-OH is 2. The first kappa shape index (κ1) is 25.8. The van der Waals surface area contributed by atoms with E-state index in [9.17, 15) is 29.4 Å². The fourth-order valence-electron chi connectivity index (χ4n) is 2.23. The molecular weight excluding hydrogens is 368 g/mol.